The van der Waals surface area contributed by atoms with Crippen molar-refractivity contribution in [3.63, 3.8) is 0 Å². The number of amides is 1. The van der Waals surface area contributed by atoms with Gasteiger partial charge in [-0.15, -0.1) is 0 Å². The summed E-state index contributed by atoms with van der Waals surface area (Å²) in [6.07, 6.45) is 5.91. The van der Waals surface area contributed by atoms with Gasteiger partial charge in [0, 0.05) is 25.2 Å². The fourth-order valence-electron chi connectivity index (χ4n) is 3.25. The van der Waals surface area contributed by atoms with Crippen molar-refractivity contribution in [3.05, 3.63) is 0 Å². The maximum atomic E-state index is 12.4. The van der Waals surface area contributed by atoms with E-state index in [1.54, 1.807) is 0 Å². The van der Waals surface area contributed by atoms with Gasteiger partial charge in [-0.25, -0.2) is 0 Å². The van der Waals surface area contributed by atoms with Gasteiger partial charge in [0.2, 0.25) is 5.91 Å². The number of carbonyl (C=O) groups is 1. The van der Waals surface area contributed by atoms with Gasteiger partial charge in [0.15, 0.2) is 0 Å². The van der Waals surface area contributed by atoms with E-state index in [0.29, 0.717) is 18.0 Å². The van der Waals surface area contributed by atoms with Gasteiger partial charge in [-0.2, -0.15) is 0 Å². The maximum absolute atomic E-state index is 12.4. The lowest BCUT2D eigenvalue weighted by Crippen LogP contribution is -2.53. The van der Waals surface area contributed by atoms with Gasteiger partial charge in [0.25, 0.3) is 0 Å². The number of likely N-dealkylation sites (tertiary alicyclic amines) is 2. The fourth-order valence-corrected chi connectivity index (χ4v) is 3.25. The Hall–Kier alpha value is -0.610. The standard InChI is InChI=1S/C15H29N3O/c1-12-11-14(7-10-17(12)3)16-13(2)15(19)18-8-5-4-6-9-18/h12-14,16H,4-11H2,1-3H3. The number of hydrogen-bond acceptors (Lipinski definition) is 3. The zero-order valence-electron chi connectivity index (χ0n) is 12.7. The lowest BCUT2D eigenvalue weighted by molar-refractivity contribution is -0.134. The van der Waals surface area contributed by atoms with Gasteiger partial charge in [-0.1, -0.05) is 0 Å². The molecule has 2 heterocycles. The van der Waals surface area contributed by atoms with Crippen LogP contribution in [0.3, 0.4) is 0 Å². The summed E-state index contributed by atoms with van der Waals surface area (Å²) in [5.74, 6) is 0.297. The average Bonchev–Trinajstić information content (AvgIpc) is 2.43. The van der Waals surface area contributed by atoms with Gasteiger partial charge in [-0.3, -0.25) is 4.79 Å². The van der Waals surface area contributed by atoms with Crippen LogP contribution in [0.15, 0.2) is 0 Å². The predicted octanol–water partition coefficient (Wildman–Crippen LogP) is 1.46. The monoisotopic (exact) mass is 267 g/mol. The first-order valence-electron chi connectivity index (χ1n) is 7.83. The van der Waals surface area contributed by atoms with E-state index in [4.69, 9.17) is 0 Å². The Morgan fingerprint density at radius 3 is 2.53 bits per heavy atom. The van der Waals surface area contributed by atoms with E-state index >= 15 is 0 Å². The summed E-state index contributed by atoms with van der Waals surface area (Å²) in [5.41, 5.74) is 0. The average molecular weight is 267 g/mol. The Morgan fingerprint density at radius 2 is 1.89 bits per heavy atom. The molecule has 0 aromatic heterocycles. The highest BCUT2D eigenvalue weighted by Crippen LogP contribution is 2.16. The maximum Gasteiger partial charge on any atom is 0.239 e. The molecule has 0 saturated carbocycles. The zero-order valence-corrected chi connectivity index (χ0v) is 12.7. The molecule has 0 bridgehead atoms. The second-order valence-corrected chi connectivity index (χ2v) is 6.33. The molecular formula is C15H29N3O. The number of piperidine rings is 2. The molecule has 2 aliphatic heterocycles. The van der Waals surface area contributed by atoms with Gasteiger partial charge >= 0.3 is 0 Å². The quantitative estimate of drug-likeness (QED) is 0.841. The highest BCUT2D eigenvalue weighted by atomic mass is 16.2. The molecule has 4 nitrogen and oxygen atoms in total. The summed E-state index contributed by atoms with van der Waals surface area (Å²) >= 11 is 0. The summed E-state index contributed by atoms with van der Waals surface area (Å²) in [6.45, 7) is 7.33. The van der Waals surface area contributed by atoms with Gasteiger partial charge in [0.1, 0.15) is 0 Å². The largest absolute Gasteiger partial charge is 0.341 e. The highest BCUT2D eigenvalue weighted by Gasteiger charge is 2.27. The Bertz CT molecular complexity index is 302. The van der Waals surface area contributed by atoms with E-state index in [0.717, 1.165) is 32.5 Å². The van der Waals surface area contributed by atoms with Crippen molar-refractivity contribution < 1.29 is 4.79 Å². The van der Waals surface area contributed by atoms with Crippen molar-refractivity contribution in [2.45, 2.75) is 64.1 Å². The first-order chi connectivity index (χ1) is 9.08. The Balaban J connectivity index is 1.79. The van der Waals surface area contributed by atoms with Crippen LogP contribution in [-0.4, -0.2) is 60.5 Å². The lowest BCUT2D eigenvalue weighted by atomic mass is 9.98. The predicted molar refractivity (Wildman–Crippen MR) is 78.1 cm³/mol. The molecule has 1 amide bonds. The van der Waals surface area contributed by atoms with Crippen LogP contribution < -0.4 is 5.32 Å². The van der Waals surface area contributed by atoms with E-state index in [9.17, 15) is 4.79 Å². The molecule has 2 fully saturated rings. The van der Waals surface area contributed by atoms with E-state index in [1.165, 1.54) is 19.3 Å². The lowest BCUT2D eigenvalue weighted by Gasteiger charge is -2.37. The molecule has 2 aliphatic rings. The zero-order chi connectivity index (χ0) is 13.8. The summed E-state index contributed by atoms with van der Waals surface area (Å²) in [5, 5.41) is 3.55. The molecule has 19 heavy (non-hydrogen) atoms. The molecule has 4 heteroatoms. The second-order valence-electron chi connectivity index (χ2n) is 6.33. The summed E-state index contributed by atoms with van der Waals surface area (Å²) < 4.78 is 0. The van der Waals surface area contributed by atoms with E-state index in [1.807, 2.05) is 11.8 Å². The molecule has 110 valence electrons. The topological polar surface area (TPSA) is 35.6 Å². The van der Waals surface area contributed by atoms with Crippen LogP contribution in [0.25, 0.3) is 0 Å². The van der Waals surface area contributed by atoms with Crippen molar-refractivity contribution in [2.24, 2.45) is 0 Å². The SMILES string of the molecule is CC(NC1CCN(C)C(C)C1)C(=O)N1CCCCC1. The van der Waals surface area contributed by atoms with Gasteiger partial charge in [-0.05, 0) is 59.5 Å². The number of nitrogens with one attached hydrogen (secondary N) is 1. The van der Waals surface area contributed by atoms with Gasteiger partial charge < -0.3 is 15.1 Å². The molecule has 1 N–H and O–H groups in total. The van der Waals surface area contributed by atoms with Crippen molar-refractivity contribution in [1.82, 2.24) is 15.1 Å². The molecule has 2 rings (SSSR count). The van der Waals surface area contributed by atoms with Crippen molar-refractivity contribution in [3.8, 4) is 0 Å². The van der Waals surface area contributed by atoms with Crippen molar-refractivity contribution >= 4 is 5.91 Å². The Labute approximate surface area is 117 Å². The third-order valence-electron chi connectivity index (χ3n) is 4.73. The molecular weight excluding hydrogens is 238 g/mol. The molecule has 3 unspecified atom stereocenters. The first-order valence-corrected chi connectivity index (χ1v) is 7.83. The van der Waals surface area contributed by atoms with Crippen molar-refractivity contribution in [2.75, 3.05) is 26.7 Å². The first kappa shape index (κ1) is 14.8. The van der Waals surface area contributed by atoms with Crippen LogP contribution >= 0.6 is 0 Å². The molecule has 0 radical (unpaired) electrons. The fraction of sp³-hybridized carbons (Fsp3) is 0.933. The molecule has 0 spiro atoms. The minimum absolute atomic E-state index is 0.0290. The third kappa shape index (κ3) is 3.93. The van der Waals surface area contributed by atoms with Crippen LogP contribution in [0, 0.1) is 0 Å². The van der Waals surface area contributed by atoms with Crippen LogP contribution in [0.5, 0.6) is 0 Å². The van der Waals surface area contributed by atoms with E-state index < -0.39 is 0 Å². The molecule has 0 aliphatic carbocycles. The number of carbonyl (C=O) groups excluding carboxylic acids is 1. The molecule has 0 aromatic rings. The molecule has 0 aromatic carbocycles. The molecule has 2 saturated heterocycles. The Kier molecular flexibility index (Phi) is 5.22. The normalized spacial score (nSPS) is 31.2. The van der Waals surface area contributed by atoms with E-state index in [-0.39, 0.29) is 6.04 Å². The highest BCUT2D eigenvalue weighted by molar-refractivity contribution is 5.81. The smallest absolute Gasteiger partial charge is 0.239 e. The van der Waals surface area contributed by atoms with Crippen LogP contribution in [0.2, 0.25) is 0 Å². The summed E-state index contributed by atoms with van der Waals surface area (Å²) in [7, 11) is 2.18. The molecule has 3 atom stereocenters. The minimum Gasteiger partial charge on any atom is -0.341 e. The number of rotatable bonds is 3. The minimum atomic E-state index is -0.0290. The van der Waals surface area contributed by atoms with E-state index in [2.05, 4.69) is 24.2 Å². The van der Waals surface area contributed by atoms with Crippen LogP contribution in [0.4, 0.5) is 0 Å². The number of hydrogen-bond donors (Lipinski definition) is 1. The van der Waals surface area contributed by atoms with Crippen LogP contribution in [0.1, 0.15) is 46.0 Å². The summed E-state index contributed by atoms with van der Waals surface area (Å²) in [4.78, 5) is 16.8. The van der Waals surface area contributed by atoms with Crippen LogP contribution in [-0.2, 0) is 4.79 Å². The summed E-state index contributed by atoms with van der Waals surface area (Å²) in [6, 6.07) is 1.08. The third-order valence-corrected chi connectivity index (χ3v) is 4.73. The van der Waals surface area contributed by atoms with Gasteiger partial charge in [0.05, 0.1) is 6.04 Å². The van der Waals surface area contributed by atoms with Crippen molar-refractivity contribution in [1.29, 1.82) is 0 Å². The second kappa shape index (κ2) is 6.71. The Morgan fingerprint density at radius 1 is 1.21 bits per heavy atom. The number of nitrogens with zero attached hydrogens (tertiary/aromatic N) is 2.